The summed E-state index contributed by atoms with van der Waals surface area (Å²) in [7, 11) is 1.91. The first-order valence-electron chi connectivity index (χ1n) is 5.71. The molecule has 0 spiro atoms. The molecule has 0 atom stereocenters. The van der Waals surface area contributed by atoms with E-state index in [-0.39, 0.29) is 5.41 Å². The van der Waals surface area contributed by atoms with Gasteiger partial charge >= 0.3 is 0 Å². The minimum atomic E-state index is -0.173. The Morgan fingerprint density at radius 1 is 1.56 bits per heavy atom. The average molecular weight is 219 g/mol. The van der Waals surface area contributed by atoms with Crippen molar-refractivity contribution in [3.63, 3.8) is 0 Å². The number of nitrogens with zero attached hydrogens (tertiary/aromatic N) is 3. The summed E-state index contributed by atoms with van der Waals surface area (Å²) < 4.78 is 7.12. The number of aryl methyl sites for hydroxylation is 2. The molecule has 2 heterocycles. The van der Waals surface area contributed by atoms with Gasteiger partial charge < -0.3 is 4.74 Å². The van der Waals surface area contributed by atoms with E-state index in [1.165, 1.54) is 5.56 Å². The van der Waals surface area contributed by atoms with Crippen molar-refractivity contribution in [2.24, 2.45) is 12.5 Å². The third-order valence-corrected chi connectivity index (χ3v) is 3.34. The zero-order chi connectivity index (χ0) is 11.4. The molecule has 0 saturated carbocycles. The second kappa shape index (κ2) is 4.67. The van der Waals surface area contributed by atoms with Gasteiger partial charge in [-0.15, -0.1) is 0 Å². The number of hydrogen-bond donors (Lipinski definition) is 0. The first-order valence-corrected chi connectivity index (χ1v) is 5.71. The van der Waals surface area contributed by atoms with E-state index in [1.54, 1.807) is 4.68 Å². The van der Waals surface area contributed by atoms with E-state index in [0.717, 1.165) is 38.9 Å². The minimum absolute atomic E-state index is 0.173. The summed E-state index contributed by atoms with van der Waals surface area (Å²) in [5.41, 5.74) is 1.04. The highest BCUT2D eigenvalue weighted by Gasteiger charge is 2.32. The van der Waals surface area contributed by atoms with Gasteiger partial charge in [-0.1, -0.05) is 0 Å². The molecule has 0 N–H and O–H groups in total. The third-order valence-electron chi connectivity index (χ3n) is 3.34. The van der Waals surface area contributed by atoms with Crippen LogP contribution in [0.15, 0.2) is 12.4 Å². The standard InChI is InChI=1S/C12H17N3O/c1-15-9-11(8-14-15)2-3-12(10-13)4-6-16-7-5-12/h8-9H,2-7H2,1H3. The van der Waals surface area contributed by atoms with Crippen molar-refractivity contribution >= 4 is 0 Å². The first kappa shape index (κ1) is 11.2. The van der Waals surface area contributed by atoms with Crippen molar-refractivity contribution in [3.05, 3.63) is 18.0 Å². The van der Waals surface area contributed by atoms with E-state index in [0.29, 0.717) is 0 Å². The van der Waals surface area contributed by atoms with Crippen molar-refractivity contribution < 1.29 is 4.74 Å². The van der Waals surface area contributed by atoms with Gasteiger partial charge in [-0.05, 0) is 31.2 Å². The quantitative estimate of drug-likeness (QED) is 0.777. The lowest BCUT2D eigenvalue weighted by atomic mass is 9.77. The fourth-order valence-corrected chi connectivity index (χ4v) is 2.16. The second-order valence-corrected chi connectivity index (χ2v) is 4.53. The maximum Gasteiger partial charge on any atom is 0.0691 e. The van der Waals surface area contributed by atoms with Gasteiger partial charge in [-0.25, -0.2) is 0 Å². The van der Waals surface area contributed by atoms with Crippen LogP contribution in [0.2, 0.25) is 0 Å². The molecule has 0 bridgehead atoms. The van der Waals surface area contributed by atoms with Crippen molar-refractivity contribution in [3.8, 4) is 6.07 Å². The fraction of sp³-hybridized carbons (Fsp3) is 0.667. The minimum Gasteiger partial charge on any atom is -0.381 e. The number of aromatic nitrogens is 2. The zero-order valence-corrected chi connectivity index (χ0v) is 9.65. The van der Waals surface area contributed by atoms with Crippen LogP contribution in [0.4, 0.5) is 0 Å². The van der Waals surface area contributed by atoms with Crippen molar-refractivity contribution in [1.82, 2.24) is 9.78 Å². The molecule has 0 aromatic carbocycles. The summed E-state index contributed by atoms with van der Waals surface area (Å²) in [5, 5.41) is 13.4. The first-order chi connectivity index (χ1) is 7.74. The molecule has 1 aliphatic rings. The van der Waals surface area contributed by atoms with Gasteiger partial charge in [0.05, 0.1) is 17.7 Å². The van der Waals surface area contributed by atoms with E-state index in [1.807, 2.05) is 19.4 Å². The number of ether oxygens (including phenoxy) is 1. The van der Waals surface area contributed by atoms with Crippen LogP contribution in [0.25, 0.3) is 0 Å². The summed E-state index contributed by atoms with van der Waals surface area (Å²) >= 11 is 0. The van der Waals surface area contributed by atoms with Gasteiger partial charge in [-0.3, -0.25) is 4.68 Å². The molecule has 1 aliphatic heterocycles. The SMILES string of the molecule is Cn1cc(CCC2(C#N)CCOCC2)cn1. The van der Waals surface area contributed by atoms with E-state index in [4.69, 9.17) is 4.74 Å². The molecule has 4 heteroatoms. The molecule has 1 fully saturated rings. The van der Waals surface area contributed by atoms with Crippen LogP contribution in [-0.4, -0.2) is 23.0 Å². The Morgan fingerprint density at radius 3 is 2.88 bits per heavy atom. The van der Waals surface area contributed by atoms with Crippen LogP contribution in [-0.2, 0) is 18.2 Å². The maximum absolute atomic E-state index is 9.30. The van der Waals surface area contributed by atoms with E-state index in [2.05, 4.69) is 11.2 Å². The molecule has 4 nitrogen and oxygen atoms in total. The van der Waals surface area contributed by atoms with E-state index in [9.17, 15) is 5.26 Å². The topological polar surface area (TPSA) is 50.8 Å². The van der Waals surface area contributed by atoms with E-state index >= 15 is 0 Å². The van der Waals surface area contributed by atoms with Gasteiger partial charge in [0.25, 0.3) is 0 Å². The lowest BCUT2D eigenvalue weighted by molar-refractivity contribution is 0.0371. The second-order valence-electron chi connectivity index (χ2n) is 4.53. The Balaban J connectivity index is 1.95. The van der Waals surface area contributed by atoms with Crippen molar-refractivity contribution in [2.75, 3.05) is 13.2 Å². The average Bonchev–Trinajstić information content (AvgIpc) is 2.74. The van der Waals surface area contributed by atoms with Gasteiger partial charge in [0.15, 0.2) is 0 Å². The van der Waals surface area contributed by atoms with Crippen LogP contribution in [0, 0.1) is 16.7 Å². The molecular weight excluding hydrogens is 202 g/mol. The third kappa shape index (κ3) is 2.42. The number of nitriles is 1. The maximum atomic E-state index is 9.30. The van der Waals surface area contributed by atoms with Crippen molar-refractivity contribution in [1.29, 1.82) is 5.26 Å². The van der Waals surface area contributed by atoms with Crippen LogP contribution in [0.1, 0.15) is 24.8 Å². The fourth-order valence-electron chi connectivity index (χ4n) is 2.16. The molecule has 1 saturated heterocycles. The Kier molecular flexibility index (Phi) is 3.25. The lowest BCUT2D eigenvalue weighted by Gasteiger charge is -2.30. The largest absolute Gasteiger partial charge is 0.381 e. The molecule has 0 amide bonds. The highest BCUT2D eigenvalue weighted by Crippen LogP contribution is 2.34. The lowest BCUT2D eigenvalue weighted by Crippen LogP contribution is -2.28. The monoisotopic (exact) mass is 219 g/mol. The van der Waals surface area contributed by atoms with Gasteiger partial charge in [0.1, 0.15) is 0 Å². The molecule has 0 radical (unpaired) electrons. The van der Waals surface area contributed by atoms with Crippen LogP contribution >= 0.6 is 0 Å². The molecular formula is C12H17N3O. The molecule has 0 unspecified atom stereocenters. The molecule has 86 valence electrons. The van der Waals surface area contributed by atoms with Gasteiger partial charge in [0.2, 0.25) is 0 Å². The highest BCUT2D eigenvalue weighted by atomic mass is 16.5. The molecule has 0 aliphatic carbocycles. The normalized spacial score (nSPS) is 19.2. The van der Waals surface area contributed by atoms with Crippen LogP contribution < -0.4 is 0 Å². The zero-order valence-electron chi connectivity index (χ0n) is 9.65. The molecule has 16 heavy (non-hydrogen) atoms. The van der Waals surface area contributed by atoms with Crippen molar-refractivity contribution in [2.45, 2.75) is 25.7 Å². The highest BCUT2D eigenvalue weighted by molar-refractivity contribution is 5.08. The molecule has 1 aromatic heterocycles. The number of rotatable bonds is 3. The summed E-state index contributed by atoms with van der Waals surface area (Å²) in [6.07, 6.45) is 7.47. The summed E-state index contributed by atoms with van der Waals surface area (Å²) in [5.74, 6) is 0. The summed E-state index contributed by atoms with van der Waals surface area (Å²) in [6.45, 7) is 1.45. The summed E-state index contributed by atoms with van der Waals surface area (Å²) in [4.78, 5) is 0. The van der Waals surface area contributed by atoms with Gasteiger partial charge in [-0.2, -0.15) is 10.4 Å². The van der Waals surface area contributed by atoms with E-state index < -0.39 is 0 Å². The predicted molar refractivity (Wildman–Crippen MR) is 59.6 cm³/mol. The Hall–Kier alpha value is -1.34. The number of hydrogen-bond acceptors (Lipinski definition) is 3. The summed E-state index contributed by atoms with van der Waals surface area (Å²) in [6, 6.07) is 2.49. The Labute approximate surface area is 95.8 Å². The molecule has 2 rings (SSSR count). The van der Waals surface area contributed by atoms with Gasteiger partial charge in [0, 0.05) is 26.5 Å². The predicted octanol–water partition coefficient (Wildman–Crippen LogP) is 1.67. The Morgan fingerprint density at radius 2 is 2.31 bits per heavy atom. The Bertz CT molecular complexity index is 385. The van der Waals surface area contributed by atoms with Crippen LogP contribution in [0.3, 0.4) is 0 Å². The smallest absolute Gasteiger partial charge is 0.0691 e. The van der Waals surface area contributed by atoms with Crippen LogP contribution in [0.5, 0.6) is 0 Å². The molecule has 1 aromatic rings.